The molecule has 0 unspecified atom stereocenters. The van der Waals surface area contributed by atoms with E-state index >= 15 is 14.4 Å². The minimum absolute atomic E-state index is 0.0113. The van der Waals surface area contributed by atoms with Crippen molar-refractivity contribution in [1.82, 2.24) is 0 Å². The summed E-state index contributed by atoms with van der Waals surface area (Å²) in [7, 11) is 0. The number of hydrogen-bond donors (Lipinski definition) is 3. The van der Waals surface area contributed by atoms with Gasteiger partial charge in [0.2, 0.25) is 0 Å². The number of alkyl halides is 3. The molecule has 0 spiro atoms. The van der Waals surface area contributed by atoms with Crippen molar-refractivity contribution in [2.75, 3.05) is 52.0 Å². The summed E-state index contributed by atoms with van der Waals surface area (Å²) in [5.41, 5.74) is 3.54. The Morgan fingerprint density at radius 1 is 0.450 bits per heavy atom. The Labute approximate surface area is 359 Å². The monoisotopic (exact) mass is 855 g/mol. The number of aromatic hydroxyl groups is 3. The van der Waals surface area contributed by atoms with Crippen molar-refractivity contribution >= 4 is 102 Å². The normalized spacial score (nSPS) is 18.1. The molecule has 12 heteroatoms. The van der Waals surface area contributed by atoms with Gasteiger partial charge in [0.25, 0.3) is 17.7 Å². The SMILES string of the molecule is O=C(c1cccc(C(=O)N2C[C@@H](CCl)c3c2cc(O)c2ccccc32)c1C(=O)N1C[C@@H](CCl)c2c1cc(O)c1ccccc21)N1C[C@@H](CCl)c2c1cc(O)c1ccccc21. The van der Waals surface area contributed by atoms with E-state index in [0.29, 0.717) is 33.2 Å². The number of nitrogens with zero attached hydrogens (tertiary/aromatic N) is 3. The third-order valence-corrected chi connectivity index (χ3v) is 13.6. The maximum atomic E-state index is 15.5. The quantitative estimate of drug-likeness (QED) is 0.143. The summed E-state index contributed by atoms with van der Waals surface area (Å²) in [6.07, 6.45) is 0. The highest BCUT2D eigenvalue weighted by molar-refractivity contribution is 6.26. The van der Waals surface area contributed by atoms with Crippen LogP contribution < -0.4 is 14.7 Å². The lowest BCUT2D eigenvalue weighted by Gasteiger charge is -2.26. The van der Waals surface area contributed by atoms with Gasteiger partial charge in [-0.05, 0) is 45.0 Å². The molecule has 10 rings (SSSR count). The molecule has 0 bridgehead atoms. The zero-order chi connectivity index (χ0) is 41.6. The molecule has 3 heterocycles. The van der Waals surface area contributed by atoms with E-state index in [0.717, 1.165) is 32.8 Å². The number of halogens is 3. The van der Waals surface area contributed by atoms with Gasteiger partial charge in [-0.1, -0.05) is 78.9 Å². The Bertz CT molecular complexity index is 2850. The highest BCUT2D eigenvalue weighted by Crippen LogP contribution is 2.49. The molecule has 0 fully saturated rings. The summed E-state index contributed by atoms with van der Waals surface area (Å²) in [6, 6.07) is 31.4. The summed E-state index contributed by atoms with van der Waals surface area (Å²) in [6.45, 7) is 0.463. The summed E-state index contributed by atoms with van der Waals surface area (Å²) >= 11 is 19.7. The first kappa shape index (κ1) is 38.2. The number of hydrogen-bond acceptors (Lipinski definition) is 6. The number of phenols is 3. The number of benzene rings is 7. The maximum Gasteiger partial charge on any atom is 0.259 e. The third-order valence-electron chi connectivity index (χ3n) is 12.5. The van der Waals surface area contributed by atoms with E-state index < -0.39 is 17.7 Å². The van der Waals surface area contributed by atoms with Gasteiger partial charge < -0.3 is 30.0 Å². The van der Waals surface area contributed by atoms with Gasteiger partial charge >= 0.3 is 0 Å². The van der Waals surface area contributed by atoms with Crippen molar-refractivity contribution in [3.05, 3.63) is 143 Å². The first-order valence-corrected chi connectivity index (χ1v) is 21.3. The van der Waals surface area contributed by atoms with E-state index in [1.165, 1.54) is 26.8 Å². The summed E-state index contributed by atoms with van der Waals surface area (Å²) in [5.74, 6) is -2.16. The minimum atomic E-state index is -0.629. The fraction of sp³-hybridized carbons (Fsp3) is 0.188. The zero-order valence-corrected chi connectivity index (χ0v) is 34.2. The molecule has 7 aromatic rings. The van der Waals surface area contributed by atoms with Crippen LogP contribution in [0.25, 0.3) is 32.3 Å². The average Bonchev–Trinajstić information content (AvgIpc) is 3.97. The van der Waals surface area contributed by atoms with E-state index in [1.807, 2.05) is 66.7 Å². The molecule has 3 aliphatic heterocycles. The van der Waals surface area contributed by atoms with Crippen LogP contribution in [0, 0.1) is 0 Å². The molecule has 0 saturated carbocycles. The number of anilines is 3. The van der Waals surface area contributed by atoms with Crippen molar-refractivity contribution in [2.24, 2.45) is 0 Å². The van der Waals surface area contributed by atoms with Crippen molar-refractivity contribution in [3.8, 4) is 17.2 Å². The van der Waals surface area contributed by atoms with Crippen LogP contribution in [-0.4, -0.2) is 70.3 Å². The van der Waals surface area contributed by atoms with Gasteiger partial charge in [-0.15, -0.1) is 34.8 Å². The van der Waals surface area contributed by atoms with Crippen molar-refractivity contribution in [3.63, 3.8) is 0 Å². The van der Waals surface area contributed by atoms with Gasteiger partial charge in [0.1, 0.15) is 17.2 Å². The number of carbonyl (C=O) groups excluding carboxylic acids is 3. The fourth-order valence-electron chi connectivity index (χ4n) is 9.80. The van der Waals surface area contributed by atoms with Crippen LogP contribution in [0.5, 0.6) is 17.2 Å². The van der Waals surface area contributed by atoms with Crippen LogP contribution in [0.15, 0.2) is 109 Å². The second kappa shape index (κ2) is 14.6. The van der Waals surface area contributed by atoms with E-state index in [9.17, 15) is 15.3 Å². The highest BCUT2D eigenvalue weighted by atomic mass is 35.5. The molecular weight excluding hydrogens is 821 g/mol. The molecule has 9 nitrogen and oxygen atoms in total. The largest absolute Gasteiger partial charge is 0.507 e. The molecule has 0 saturated heterocycles. The van der Waals surface area contributed by atoms with E-state index in [1.54, 1.807) is 30.3 Å². The molecule has 0 aromatic heterocycles. The second-order valence-corrected chi connectivity index (χ2v) is 16.6. The molecule has 0 radical (unpaired) electrons. The molecular formula is C48H36Cl3N3O6. The van der Waals surface area contributed by atoms with Crippen molar-refractivity contribution < 1.29 is 29.7 Å². The summed E-state index contributed by atoms with van der Waals surface area (Å²) in [4.78, 5) is 50.5. The molecule has 7 aromatic carbocycles. The van der Waals surface area contributed by atoms with E-state index in [4.69, 9.17) is 34.8 Å². The lowest BCUT2D eigenvalue weighted by molar-refractivity contribution is 0.0942. The molecule has 3 atom stereocenters. The molecule has 0 aliphatic carbocycles. The summed E-state index contributed by atoms with van der Waals surface area (Å²) in [5, 5.41) is 37.8. The lowest BCUT2D eigenvalue weighted by Crippen LogP contribution is -2.38. The third kappa shape index (κ3) is 5.63. The van der Waals surface area contributed by atoms with Crippen LogP contribution in [0.1, 0.15) is 65.5 Å². The van der Waals surface area contributed by atoms with Gasteiger partial charge in [-0.25, -0.2) is 0 Å². The van der Waals surface area contributed by atoms with Gasteiger partial charge in [0, 0.05) is 89.4 Å². The first-order valence-electron chi connectivity index (χ1n) is 19.6. The van der Waals surface area contributed by atoms with E-state index in [2.05, 4.69) is 0 Å². The van der Waals surface area contributed by atoms with Gasteiger partial charge in [-0.3, -0.25) is 14.4 Å². The first-order chi connectivity index (χ1) is 29.1. The minimum Gasteiger partial charge on any atom is -0.507 e. The number of phenolic OH excluding ortho intramolecular Hbond substituents is 3. The number of carbonyl (C=O) groups is 3. The van der Waals surface area contributed by atoms with Gasteiger partial charge in [0.05, 0.1) is 33.8 Å². The Kier molecular flexibility index (Phi) is 9.31. The van der Waals surface area contributed by atoms with Crippen LogP contribution in [0.2, 0.25) is 0 Å². The molecule has 3 aliphatic rings. The predicted molar refractivity (Wildman–Crippen MR) is 239 cm³/mol. The smallest absolute Gasteiger partial charge is 0.259 e. The summed E-state index contributed by atoms with van der Waals surface area (Å²) < 4.78 is 0. The van der Waals surface area contributed by atoms with Gasteiger partial charge in [-0.2, -0.15) is 0 Å². The van der Waals surface area contributed by atoms with E-state index in [-0.39, 0.29) is 89.0 Å². The van der Waals surface area contributed by atoms with Crippen molar-refractivity contribution in [2.45, 2.75) is 17.8 Å². The molecule has 3 N–H and O–H groups in total. The molecule has 300 valence electrons. The fourth-order valence-corrected chi connectivity index (χ4v) is 10.6. The average molecular weight is 857 g/mol. The second-order valence-electron chi connectivity index (χ2n) is 15.7. The zero-order valence-electron chi connectivity index (χ0n) is 31.9. The number of rotatable bonds is 6. The van der Waals surface area contributed by atoms with Crippen molar-refractivity contribution in [1.29, 1.82) is 0 Å². The van der Waals surface area contributed by atoms with Crippen LogP contribution in [0.3, 0.4) is 0 Å². The topological polar surface area (TPSA) is 122 Å². The maximum absolute atomic E-state index is 15.5. The lowest BCUT2D eigenvalue weighted by atomic mass is 9.95. The number of fused-ring (bicyclic) bond motifs is 9. The Balaban J connectivity index is 1.16. The standard InChI is InChI=1S/C48H36Cl3N3O6/c49-19-25-22-52(36-16-39(55)28-8-1-4-11-31(28)42(25)36)46(58)34-14-7-15-35(47(59)53-23-26(20-50)43-32-12-5-2-9-29(32)40(56)17-37(43)53)45(34)48(60)54-24-27(21-51)44-33-13-6-3-10-30(33)41(57)18-38(44)54/h1-18,25-27,55-57H,19-24H2/t25-,26-,27-/m1/s1. The van der Waals surface area contributed by atoms with Gasteiger partial charge in [0.15, 0.2) is 0 Å². The Morgan fingerprint density at radius 3 is 1.07 bits per heavy atom. The molecule has 60 heavy (non-hydrogen) atoms. The highest BCUT2D eigenvalue weighted by Gasteiger charge is 2.42. The Morgan fingerprint density at radius 2 is 0.750 bits per heavy atom. The number of amides is 3. The molecule has 3 amide bonds. The van der Waals surface area contributed by atoms with Crippen LogP contribution in [-0.2, 0) is 0 Å². The van der Waals surface area contributed by atoms with Crippen LogP contribution >= 0.6 is 34.8 Å². The van der Waals surface area contributed by atoms with Crippen LogP contribution in [0.4, 0.5) is 17.1 Å². The predicted octanol–water partition coefficient (Wildman–Crippen LogP) is 10.2. The Hall–Kier alpha value is -6.00.